The van der Waals surface area contributed by atoms with E-state index in [-0.39, 0.29) is 42.1 Å². The van der Waals surface area contributed by atoms with Gasteiger partial charge in [0.1, 0.15) is 12.2 Å². The number of rotatable bonds is 5. The number of benzene rings is 1. The summed E-state index contributed by atoms with van der Waals surface area (Å²) in [5, 5.41) is 3.00. The number of likely N-dealkylation sites (tertiary alicyclic amines) is 1. The third kappa shape index (κ3) is 4.75. The molecule has 1 saturated carbocycles. The van der Waals surface area contributed by atoms with Gasteiger partial charge in [0.25, 0.3) is 0 Å². The van der Waals surface area contributed by atoms with Crippen molar-refractivity contribution >= 4 is 12.0 Å². The first-order valence-electron chi connectivity index (χ1n) is 9.64. The number of halogens is 1. The number of carbonyl (C=O) groups is 2. The molecule has 1 aliphatic carbocycles. The van der Waals surface area contributed by atoms with Gasteiger partial charge in [-0.1, -0.05) is 12.1 Å². The van der Waals surface area contributed by atoms with E-state index in [1.165, 1.54) is 6.07 Å². The van der Waals surface area contributed by atoms with Gasteiger partial charge in [-0.15, -0.1) is 0 Å². The number of amides is 2. The van der Waals surface area contributed by atoms with Crippen LogP contribution < -0.4 is 10.1 Å². The lowest BCUT2D eigenvalue weighted by atomic mass is 10.1. The molecule has 2 amide bonds. The Morgan fingerprint density at radius 2 is 1.75 bits per heavy atom. The summed E-state index contributed by atoms with van der Waals surface area (Å²) < 4.78 is 24.6. The summed E-state index contributed by atoms with van der Waals surface area (Å²) >= 11 is 0. The molecule has 1 aromatic carbocycles. The number of hydrogen-bond donors (Lipinski definition) is 1. The van der Waals surface area contributed by atoms with E-state index in [2.05, 4.69) is 5.32 Å². The Labute approximate surface area is 165 Å². The van der Waals surface area contributed by atoms with Crippen LogP contribution in [0.3, 0.4) is 0 Å². The van der Waals surface area contributed by atoms with Gasteiger partial charge in [0.15, 0.2) is 11.6 Å². The molecule has 2 atom stereocenters. The van der Waals surface area contributed by atoms with E-state index in [9.17, 15) is 14.0 Å². The molecule has 3 rings (SSSR count). The van der Waals surface area contributed by atoms with Crippen LogP contribution in [0.1, 0.15) is 34.6 Å². The van der Waals surface area contributed by atoms with Crippen molar-refractivity contribution in [1.29, 1.82) is 0 Å². The molecule has 0 radical (unpaired) electrons. The smallest absolute Gasteiger partial charge is 0.410 e. The van der Waals surface area contributed by atoms with Gasteiger partial charge in [-0.2, -0.15) is 0 Å². The number of nitrogens with one attached hydrogen (secondary N) is 1. The lowest BCUT2D eigenvalue weighted by Crippen LogP contribution is -2.49. The van der Waals surface area contributed by atoms with Crippen LogP contribution in [0.2, 0.25) is 0 Å². The second kappa shape index (κ2) is 7.26. The second-order valence-electron chi connectivity index (χ2n) is 9.33. The van der Waals surface area contributed by atoms with Crippen LogP contribution in [0, 0.1) is 23.6 Å². The molecular weight excluding hydrogens is 363 g/mol. The molecule has 1 aliphatic heterocycles. The highest BCUT2D eigenvalue weighted by Crippen LogP contribution is 2.52. The van der Waals surface area contributed by atoms with Gasteiger partial charge < -0.3 is 19.7 Å². The van der Waals surface area contributed by atoms with Crippen molar-refractivity contribution in [2.45, 2.75) is 45.8 Å². The van der Waals surface area contributed by atoms with Gasteiger partial charge in [0.2, 0.25) is 5.91 Å². The molecule has 2 aliphatic rings. The van der Waals surface area contributed by atoms with Crippen molar-refractivity contribution in [1.82, 2.24) is 10.2 Å². The Kier molecular flexibility index (Phi) is 5.30. The highest BCUT2D eigenvalue weighted by molar-refractivity contribution is 5.84. The van der Waals surface area contributed by atoms with E-state index in [4.69, 9.17) is 9.47 Å². The van der Waals surface area contributed by atoms with E-state index in [0.717, 1.165) is 0 Å². The van der Waals surface area contributed by atoms with Gasteiger partial charge >= 0.3 is 6.09 Å². The lowest BCUT2D eigenvalue weighted by molar-refractivity contribution is -0.125. The summed E-state index contributed by atoms with van der Waals surface area (Å²) in [6, 6.07) is 6.19. The summed E-state index contributed by atoms with van der Waals surface area (Å²) in [6.45, 7) is 10.4. The first-order chi connectivity index (χ1) is 13.0. The molecule has 0 aromatic heterocycles. The predicted octanol–water partition coefficient (Wildman–Crippen LogP) is 3.21. The van der Waals surface area contributed by atoms with Crippen LogP contribution in [0.25, 0.3) is 0 Å². The molecule has 0 bridgehead atoms. The fourth-order valence-electron chi connectivity index (χ4n) is 3.66. The normalized spacial score (nSPS) is 23.8. The predicted molar refractivity (Wildman–Crippen MR) is 102 cm³/mol. The minimum atomic E-state index is -0.638. The molecular formula is C21H29FN2O4. The Morgan fingerprint density at radius 3 is 2.32 bits per heavy atom. The maximum Gasteiger partial charge on any atom is 0.410 e. The van der Waals surface area contributed by atoms with E-state index >= 15 is 0 Å². The summed E-state index contributed by atoms with van der Waals surface area (Å²) in [6.07, 6.45) is -0.322. The molecule has 1 N–H and O–H groups in total. The van der Waals surface area contributed by atoms with Crippen LogP contribution in [0.4, 0.5) is 9.18 Å². The number of piperidine rings is 1. The molecule has 28 heavy (non-hydrogen) atoms. The van der Waals surface area contributed by atoms with Crippen LogP contribution >= 0.6 is 0 Å². The lowest BCUT2D eigenvalue weighted by Gasteiger charge is -2.28. The van der Waals surface area contributed by atoms with E-state index in [1.807, 2.05) is 34.6 Å². The second-order valence-corrected chi connectivity index (χ2v) is 9.33. The molecule has 154 valence electrons. The molecule has 1 aromatic rings. The summed E-state index contributed by atoms with van der Waals surface area (Å²) in [5.41, 5.74) is -1.16. The largest absolute Gasteiger partial charge is 0.488 e. The fourth-order valence-corrected chi connectivity index (χ4v) is 3.66. The minimum absolute atomic E-state index is 0.0408. The maximum absolute atomic E-state index is 13.7. The van der Waals surface area contributed by atoms with Crippen molar-refractivity contribution < 1.29 is 23.5 Å². The van der Waals surface area contributed by atoms with Gasteiger partial charge in [-0.05, 0) is 58.6 Å². The van der Waals surface area contributed by atoms with Crippen LogP contribution in [-0.2, 0) is 9.53 Å². The quantitative estimate of drug-likeness (QED) is 0.836. The molecule has 1 saturated heterocycles. The standard InChI is InChI=1S/C21H29FN2O4/c1-20(2,3)28-19(26)24-10-13-14(11-24)17(13)18(25)23-21(4,5)12-27-16-9-7-6-8-15(16)22/h6-9,13-14,17H,10-12H2,1-5H3,(H,23,25). The zero-order valence-electron chi connectivity index (χ0n) is 17.1. The summed E-state index contributed by atoms with van der Waals surface area (Å²) in [7, 11) is 0. The Morgan fingerprint density at radius 1 is 1.14 bits per heavy atom. The van der Waals surface area contributed by atoms with Crippen molar-refractivity contribution in [2.24, 2.45) is 17.8 Å². The monoisotopic (exact) mass is 392 g/mol. The molecule has 7 heteroatoms. The number of para-hydroxylation sites is 1. The molecule has 0 spiro atoms. The van der Waals surface area contributed by atoms with Crippen molar-refractivity contribution in [3.8, 4) is 5.75 Å². The van der Waals surface area contributed by atoms with Crippen LogP contribution in [-0.4, -0.2) is 47.7 Å². The Balaban J connectivity index is 1.46. The molecule has 6 nitrogen and oxygen atoms in total. The maximum atomic E-state index is 13.7. The van der Waals surface area contributed by atoms with Crippen molar-refractivity contribution in [3.05, 3.63) is 30.1 Å². The summed E-state index contributed by atoms with van der Waals surface area (Å²) in [5.74, 6) is -0.0382. The number of fused-ring (bicyclic) bond motifs is 1. The SMILES string of the molecule is CC(C)(COc1ccccc1F)NC(=O)C1C2CN(C(=O)OC(C)(C)C)CC21. The van der Waals surface area contributed by atoms with Gasteiger partial charge in [0, 0.05) is 19.0 Å². The fraction of sp³-hybridized carbons (Fsp3) is 0.619. The van der Waals surface area contributed by atoms with E-state index in [1.54, 1.807) is 23.1 Å². The first-order valence-corrected chi connectivity index (χ1v) is 9.64. The van der Waals surface area contributed by atoms with Gasteiger partial charge in [0.05, 0.1) is 5.54 Å². The number of ether oxygens (including phenoxy) is 2. The van der Waals surface area contributed by atoms with Gasteiger partial charge in [-0.25, -0.2) is 9.18 Å². The van der Waals surface area contributed by atoms with Crippen molar-refractivity contribution in [2.75, 3.05) is 19.7 Å². The van der Waals surface area contributed by atoms with E-state index < -0.39 is 17.0 Å². The number of hydrogen-bond acceptors (Lipinski definition) is 4. The third-order valence-electron chi connectivity index (χ3n) is 5.04. The number of nitrogens with zero attached hydrogens (tertiary/aromatic N) is 1. The zero-order valence-corrected chi connectivity index (χ0v) is 17.1. The number of carbonyl (C=O) groups excluding carboxylic acids is 2. The third-order valence-corrected chi connectivity index (χ3v) is 5.04. The van der Waals surface area contributed by atoms with Crippen LogP contribution in [0.5, 0.6) is 5.75 Å². The topological polar surface area (TPSA) is 67.9 Å². The highest BCUT2D eigenvalue weighted by Gasteiger charge is 2.61. The van der Waals surface area contributed by atoms with Crippen LogP contribution in [0.15, 0.2) is 24.3 Å². The Hall–Kier alpha value is -2.31. The van der Waals surface area contributed by atoms with Gasteiger partial charge in [-0.3, -0.25) is 4.79 Å². The molecule has 2 fully saturated rings. The Bertz CT molecular complexity index is 747. The average molecular weight is 392 g/mol. The van der Waals surface area contributed by atoms with E-state index in [0.29, 0.717) is 13.1 Å². The van der Waals surface area contributed by atoms with Crippen molar-refractivity contribution in [3.63, 3.8) is 0 Å². The molecule has 1 heterocycles. The molecule has 2 unspecified atom stereocenters. The highest BCUT2D eigenvalue weighted by atomic mass is 19.1. The first kappa shape index (κ1) is 20.4. The average Bonchev–Trinajstić information content (AvgIpc) is 3.07. The summed E-state index contributed by atoms with van der Waals surface area (Å²) in [4.78, 5) is 26.5. The zero-order chi connectivity index (χ0) is 20.7. The minimum Gasteiger partial charge on any atom is -0.488 e.